The van der Waals surface area contributed by atoms with E-state index in [4.69, 9.17) is 14.7 Å². The van der Waals surface area contributed by atoms with Crippen LogP contribution in [0.5, 0.6) is 0 Å². The summed E-state index contributed by atoms with van der Waals surface area (Å²) in [5, 5.41) is 0.261. The van der Waals surface area contributed by atoms with Crippen LogP contribution < -0.4 is 0 Å². The molecule has 3 nitrogen and oxygen atoms in total. The van der Waals surface area contributed by atoms with Crippen molar-refractivity contribution in [3.63, 3.8) is 0 Å². The Morgan fingerprint density at radius 3 is 2.00 bits per heavy atom. The summed E-state index contributed by atoms with van der Waals surface area (Å²) in [7, 11) is 0.955. The minimum absolute atomic E-state index is 0.261. The molecule has 66 valence electrons. The van der Waals surface area contributed by atoms with Gasteiger partial charge in [0, 0.05) is 12.8 Å². The quantitative estimate of drug-likeness (QED) is 0.435. The van der Waals surface area contributed by atoms with Crippen LogP contribution in [-0.4, -0.2) is 19.9 Å². The Hall–Kier alpha value is 0.530. The molecule has 3 N–H and O–H groups in total. The molecule has 0 amide bonds. The highest BCUT2D eigenvalue weighted by atomic mass is 32.5. The molecule has 11 heavy (non-hydrogen) atoms. The maximum absolute atomic E-state index is 8.76. The predicted molar refractivity (Wildman–Crippen MR) is 47.8 cm³/mol. The molecular formula is C6H14O3PS+. The van der Waals surface area contributed by atoms with Crippen LogP contribution in [0.25, 0.3) is 0 Å². The van der Waals surface area contributed by atoms with Gasteiger partial charge in [-0.25, -0.2) is 0 Å². The van der Waals surface area contributed by atoms with E-state index in [1.54, 1.807) is 0 Å². The molecule has 0 unspecified atom stereocenters. The van der Waals surface area contributed by atoms with Crippen molar-refractivity contribution in [3.8, 4) is 0 Å². The van der Waals surface area contributed by atoms with Gasteiger partial charge in [0.1, 0.15) is 0 Å². The molecule has 0 atom stereocenters. The summed E-state index contributed by atoms with van der Waals surface area (Å²) in [6.45, 7) is -3.57. The number of hydrogen-bond acceptors (Lipinski definition) is 0. The largest absolute Gasteiger partial charge is 0.515 e. The first-order valence-electron chi connectivity index (χ1n) is 3.83. The summed E-state index contributed by atoms with van der Waals surface area (Å²) < 4.78 is 0. The Labute approximate surface area is 70.3 Å². The summed E-state index contributed by atoms with van der Waals surface area (Å²) in [6.07, 6.45) is 5.56. The minimum atomic E-state index is -3.57. The van der Waals surface area contributed by atoms with Crippen molar-refractivity contribution in [3.05, 3.63) is 0 Å². The number of rotatable bonds is 1. The van der Waals surface area contributed by atoms with Crippen LogP contribution in [0.3, 0.4) is 0 Å². The van der Waals surface area contributed by atoms with Crippen molar-refractivity contribution in [2.24, 2.45) is 0 Å². The van der Waals surface area contributed by atoms with Gasteiger partial charge in [-0.05, 0) is 12.8 Å². The van der Waals surface area contributed by atoms with E-state index in [2.05, 4.69) is 0 Å². The highest BCUT2D eigenvalue weighted by molar-refractivity contribution is 8.16. The lowest BCUT2D eigenvalue weighted by molar-refractivity contribution is 0.362. The molecule has 0 radical (unpaired) electrons. The second kappa shape index (κ2) is 3.97. The maximum atomic E-state index is 8.76. The molecule has 0 aliphatic heterocycles. The first-order chi connectivity index (χ1) is 5.08. The summed E-state index contributed by atoms with van der Waals surface area (Å²) in [5.41, 5.74) is 0. The topological polar surface area (TPSA) is 60.7 Å². The molecule has 0 saturated heterocycles. The van der Waals surface area contributed by atoms with Crippen LogP contribution in [0.1, 0.15) is 32.1 Å². The second-order valence-corrected chi connectivity index (χ2v) is 6.88. The van der Waals surface area contributed by atoms with E-state index in [1.165, 1.54) is 6.42 Å². The molecule has 1 saturated carbocycles. The van der Waals surface area contributed by atoms with Gasteiger partial charge >= 0.3 is 6.72 Å². The Kier molecular flexibility index (Phi) is 3.47. The molecule has 1 aliphatic rings. The van der Waals surface area contributed by atoms with Gasteiger partial charge in [-0.1, -0.05) is 6.42 Å². The number of hydrogen-bond donors (Lipinski definition) is 3. The highest BCUT2D eigenvalue weighted by Crippen LogP contribution is 2.35. The van der Waals surface area contributed by atoms with Crippen LogP contribution in [0.15, 0.2) is 0 Å². The predicted octanol–water partition coefficient (Wildman–Crippen LogP) is 1.06. The second-order valence-electron chi connectivity index (χ2n) is 2.88. The van der Waals surface area contributed by atoms with E-state index in [-0.39, 0.29) is 5.25 Å². The minimum Gasteiger partial charge on any atom is -0.290 e. The van der Waals surface area contributed by atoms with Crippen LogP contribution in [0.2, 0.25) is 0 Å². The molecule has 1 aliphatic carbocycles. The van der Waals surface area contributed by atoms with Crippen molar-refractivity contribution in [1.29, 1.82) is 0 Å². The van der Waals surface area contributed by atoms with Crippen molar-refractivity contribution >= 4 is 17.7 Å². The first-order valence-corrected chi connectivity index (χ1v) is 6.97. The lowest BCUT2D eigenvalue weighted by atomic mass is 10.0. The van der Waals surface area contributed by atoms with E-state index < -0.39 is 6.72 Å². The van der Waals surface area contributed by atoms with Crippen molar-refractivity contribution < 1.29 is 14.7 Å². The normalized spacial score (nSPS) is 21.7. The zero-order valence-electron chi connectivity index (χ0n) is 6.31. The molecule has 5 heteroatoms. The average Bonchev–Trinajstić information content (AvgIpc) is 1.85. The Bertz CT molecular complexity index is 162. The Morgan fingerprint density at radius 2 is 1.55 bits per heavy atom. The third kappa shape index (κ3) is 4.19. The van der Waals surface area contributed by atoms with Crippen LogP contribution >= 0.6 is 6.72 Å². The molecule has 1 rings (SSSR count). The molecule has 0 bridgehead atoms. The van der Waals surface area contributed by atoms with Gasteiger partial charge in [-0.3, -0.25) is 14.7 Å². The third-order valence-corrected chi connectivity index (χ3v) is 4.64. The van der Waals surface area contributed by atoms with Crippen LogP contribution in [0, 0.1) is 0 Å². The summed E-state index contributed by atoms with van der Waals surface area (Å²) in [4.78, 5) is 26.3. The van der Waals surface area contributed by atoms with Crippen molar-refractivity contribution in [2.75, 3.05) is 0 Å². The third-order valence-electron chi connectivity index (χ3n) is 1.84. The SMILES string of the molecule is OP(O)(O)=[S+]C1CCCCC1. The molecule has 0 aromatic heterocycles. The zero-order valence-corrected chi connectivity index (χ0v) is 8.02. The smallest absolute Gasteiger partial charge is 0.290 e. The maximum Gasteiger partial charge on any atom is 0.515 e. The van der Waals surface area contributed by atoms with Gasteiger partial charge < -0.3 is 0 Å². The van der Waals surface area contributed by atoms with Gasteiger partial charge in [0.05, 0.1) is 0 Å². The summed E-state index contributed by atoms with van der Waals surface area (Å²) in [6, 6.07) is 0. The monoisotopic (exact) mass is 197 g/mol. The highest BCUT2D eigenvalue weighted by Gasteiger charge is 2.28. The van der Waals surface area contributed by atoms with Gasteiger partial charge in [-0.2, -0.15) is 0 Å². The summed E-state index contributed by atoms with van der Waals surface area (Å²) in [5.74, 6) is 0. The molecular weight excluding hydrogens is 183 g/mol. The van der Waals surface area contributed by atoms with Gasteiger partial charge in [0.15, 0.2) is 5.25 Å². The summed E-state index contributed by atoms with van der Waals surface area (Å²) >= 11 is 0. The Balaban J connectivity index is 2.47. The molecule has 1 fully saturated rings. The van der Waals surface area contributed by atoms with E-state index in [9.17, 15) is 0 Å². The zero-order chi connectivity index (χ0) is 8.32. The average molecular weight is 197 g/mol. The molecule has 0 aromatic carbocycles. The standard InChI is InChI=1S/C6H14O3PS/c7-10(8,9)11-6-4-2-1-3-5-6/h6-9H,1-5H2/q+1. The lowest BCUT2D eigenvalue weighted by Gasteiger charge is -2.09. The van der Waals surface area contributed by atoms with E-state index in [0.717, 1.165) is 36.6 Å². The molecule has 0 aromatic rings. The van der Waals surface area contributed by atoms with Gasteiger partial charge in [0.2, 0.25) is 10.9 Å². The molecule has 0 spiro atoms. The van der Waals surface area contributed by atoms with Crippen molar-refractivity contribution in [1.82, 2.24) is 0 Å². The van der Waals surface area contributed by atoms with E-state index in [1.807, 2.05) is 0 Å². The first kappa shape index (κ1) is 9.62. The van der Waals surface area contributed by atoms with E-state index >= 15 is 0 Å². The lowest BCUT2D eigenvalue weighted by Crippen LogP contribution is -2.10. The fourth-order valence-corrected chi connectivity index (χ4v) is 4.15. The Morgan fingerprint density at radius 1 is 1.00 bits per heavy atom. The van der Waals surface area contributed by atoms with Crippen LogP contribution in [-0.2, 0) is 10.9 Å². The fourth-order valence-electron chi connectivity index (χ4n) is 1.37. The fraction of sp³-hybridized carbons (Fsp3) is 1.00. The van der Waals surface area contributed by atoms with E-state index in [0.29, 0.717) is 0 Å². The van der Waals surface area contributed by atoms with Crippen molar-refractivity contribution in [2.45, 2.75) is 37.4 Å². The van der Waals surface area contributed by atoms with Crippen LogP contribution in [0.4, 0.5) is 0 Å². The van der Waals surface area contributed by atoms with Gasteiger partial charge in [-0.15, -0.1) is 0 Å². The van der Waals surface area contributed by atoms with Gasteiger partial charge in [0.25, 0.3) is 0 Å². The molecule has 0 heterocycles.